The van der Waals surface area contributed by atoms with Gasteiger partial charge in [-0.15, -0.1) is 11.6 Å². The summed E-state index contributed by atoms with van der Waals surface area (Å²) in [6, 6.07) is 10.5. The highest BCUT2D eigenvalue weighted by molar-refractivity contribution is 9.10. The van der Waals surface area contributed by atoms with Gasteiger partial charge in [-0.2, -0.15) is 5.10 Å². The molecule has 0 saturated carbocycles. The van der Waals surface area contributed by atoms with Gasteiger partial charge >= 0.3 is 0 Å². The molecular formula is C14H16BrClN2. The van der Waals surface area contributed by atoms with Crippen LogP contribution >= 0.6 is 27.5 Å². The minimum Gasteiger partial charge on any atom is -0.272 e. The molecule has 0 aliphatic carbocycles. The monoisotopic (exact) mass is 326 g/mol. The molecule has 0 aliphatic rings. The first-order chi connectivity index (χ1) is 8.60. The van der Waals surface area contributed by atoms with E-state index in [0.29, 0.717) is 11.8 Å². The standard InChI is InChI=1S/C14H16BrClN2/c1-10-7-14(18(2)17-10)8-12(9-16)11-3-5-13(15)6-4-11/h3-7,12H,8-9H2,1-2H3. The summed E-state index contributed by atoms with van der Waals surface area (Å²) in [7, 11) is 1.98. The van der Waals surface area contributed by atoms with E-state index >= 15 is 0 Å². The summed E-state index contributed by atoms with van der Waals surface area (Å²) in [5.41, 5.74) is 3.55. The van der Waals surface area contributed by atoms with Crippen molar-refractivity contribution in [1.82, 2.24) is 9.78 Å². The summed E-state index contributed by atoms with van der Waals surface area (Å²) < 4.78 is 3.03. The number of halogens is 2. The zero-order chi connectivity index (χ0) is 13.1. The summed E-state index contributed by atoms with van der Waals surface area (Å²) in [6.07, 6.45) is 0.919. The molecule has 4 heteroatoms. The van der Waals surface area contributed by atoms with E-state index in [4.69, 9.17) is 11.6 Å². The number of benzene rings is 1. The number of hydrogen-bond donors (Lipinski definition) is 0. The number of aromatic nitrogens is 2. The molecule has 1 unspecified atom stereocenters. The SMILES string of the molecule is Cc1cc(CC(CCl)c2ccc(Br)cc2)n(C)n1. The van der Waals surface area contributed by atoms with Gasteiger partial charge in [0.05, 0.1) is 5.69 Å². The molecule has 0 amide bonds. The van der Waals surface area contributed by atoms with E-state index in [1.165, 1.54) is 11.3 Å². The number of alkyl halides is 1. The summed E-state index contributed by atoms with van der Waals surface area (Å²) in [5.74, 6) is 0.945. The molecule has 2 rings (SSSR count). The third-order valence-electron chi connectivity index (χ3n) is 3.08. The Labute approximate surface area is 121 Å². The fourth-order valence-corrected chi connectivity index (χ4v) is 2.66. The van der Waals surface area contributed by atoms with Crippen molar-refractivity contribution in [3.05, 3.63) is 51.8 Å². The molecule has 2 aromatic rings. The molecule has 96 valence electrons. The van der Waals surface area contributed by atoms with Gasteiger partial charge in [0.25, 0.3) is 0 Å². The van der Waals surface area contributed by atoms with Crippen molar-refractivity contribution in [3.8, 4) is 0 Å². The number of nitrogens with zero attached hydrogens (tertiary/aromatic N) is 2. The molecule has 1 atom stereocenters. The second-order valence-electron chi connectivity index (χ2n) is 4.51. The quantitative estimate of drug-likeness (QED) is 0.774. The van der Waals surface area contributed by atoms with Crippen molar-refractivity contribution in [2.75, 3.05) is 5.88 Å². The molecule has 1 aromatic heterocycles. The molecule has 0 fully saturated rings. The zero-order valence-electron chi connectivity index (χ0n) is 10.5. The van der Waals surface area contributed by atoms with Gasteiger partial charge in [0.1, 0.15) is 0 Å². The van der Waals surface area contributed by atoms with Crippen LogP contribution in [0.5, 0.6) is 0 Å². The van der Waals surface area contributed by atoms with Gasteiger partial charge in [-0.05, 0) is 37.1 Å². The molecule has 0 N–H and O–H groups in total. The van der Waals surface area contributed by atoms with Crippen molar-refractivity contribution in [3.63, 3.8) is 0 Å². The molecule has 0 bridgehead atoms. The van der Waals surface area contributed by atoms with E-state index in [1.807, 2.05) is 18.7 Å². The maximum Gasteiger partial charge on any atom is 0.0596 e. The smallest absolute Gasteiger partial charge is 0.0596 e. The van der Waals surface area contributed by atoms with Crippen LogP contribution in [-0.4, -0.2) is 15.7 Å². The molecular weight excluding hydrogens is 312 g/mol. The van der Waals surface area contributed by atoms with Crippen LogP contribution in [0.25, 0.3) is 0 Å². The van der Waals surface area contributed by atoms with Crippen molar-refractivity contribution < 1.29 is 0 Å². The third kappa shape index (κ3) is 3.15. The largest absolute Gasteiger partial charge is 0.272 e. The van der Waals surface area contributed by atoms with Crippen LogP contribution < -0.4 is 0 Å². The minimum atomic E-state index is 0.328. The second-order valence-corrected chi connectivity index (χ2v) is 5.73. The summed E-state index contributed by atoms with van der Waals surface area (Å²) in [6.45, 7) is 2.01. The molecule has 0 radical (unpaired) electrons. The van der Waals surface area contributed by atoms with Crippen LogP contribution in [0.1, 0.15) is 22.9 Å². The van der Waals surface area contributed by atoms with Gasteiger partial charge in [-0.3, -0.25) is 4.68 Å². The first kappa shape index (κ1) is 13.6. The average molecular weight is 328 g/mol. The van der Waals surface area contributed by atoms with Crippen LogP contribution in [0, 0.1) is 6.92 Å². The molecule has 18 heavy (non-hydrogen) atoms. The number of hydrogen-bond acceptors (Lipinski definition) is 1. The van der Waals surface area contributed by atoms with E-state index in [0.717, 1.165) is 16.6 Å². The molecule has 0 aliphatic heterocycles. The van der Waals surface area contributed by atoms with Gasteiger partial charge < -0.3 is 0 Å². The second kappa shape index (κ2) is 5.89. The van der Waals surface area contributed by atoms with Gasteiger partial charge in [0.15, 0.2) is 0 Å². The topological polar surface area (TPSA) is 17.8 Å². The van der Waals surface area contributed by atoms with E-state index in [1.54, 1.807) is 0 Å². The molecule has 0 saturated heterocycles. The Balaban J connectivity index is 2.19. The van der Waals surface area contributed by atoms with Gasteiger partial charge in [0, 0.05) is 29.0 Å². The summed E-state index contributed by atoms with van der Waals surface area (Å²) in [5, 5.41) is 4.37. The van der Waals surface area contributed by atoms with E-state index in [-0.39, 0.29) is 0 Å². The number of rotatable bonds is 4. The van der Waals surface area contributed by atoms with Crippen LogP contribution in [0.2, 0.25) is 0 Å². The Morgan fingerprint density at radius 2 is 2.00 bits per heavy atom. The van der Waals surface area contributed by atoms with Crippen molar-refractivity contribution >= 4 is 27.5 Å². The van der Waals surface area contributed by atoms with E-state index < -0.39 is 0 Å². The maximum absolute atomic E-state index is 6.11. The highest BCUT2D eigenvalue weighted by atomic mass is 79.9. The molecule has 1 heterocycles. The Morgan fingerprint density at radius 3 is 2.50 bits per heavy atom. The van der Waals surface area contributed by atoms with Crippen molar-refractivity contribution in [1.29, 1.82) is 0 Å². The summed E-state index contributed by atoms with van der Waals surface area (Å²) >= 11 is 9.56. The highest BCUT2D eigenvalue weighted by Crippen LogP contribution is 2.24. The van der Waals surface area contributed by atoms with Crippen molar-refractivity contribution in [2.45, 2.75) is 19.3 Å². The fourth-order valence-electron chi connectivity index (χ4n) is 2.10. The molecule has 2 nitrogen and oxygen atoms in total. The Kier molecular flexibility index (Phi) is 4.46. The Morgan fingerprint density at radius 1 is 1.33 bits per heavy atom. The average Bonchev–Trinajstić information content (AvgIpc) is 2.66. The van der Waals surface area contributed by atoms with Gasteiger partial charge in [-0.1, -0.05) is 28.1 Å². The van der Waals surface area contributed by atoms with Gasteiger partial charge in [0.2, 0.25) is 0 Å². The van der Waals surface area contributed by atoms with E-state index in [9.17, 15) is 0 Å². The Hall–Kier alpha value is -0.800. The lowest BCUT2D eigenvalue weighted by Gasteiger charge is -2.14. The van der Waals surface area contributed by atoms with Crippen molar-refractivity contribution in [2.24, 2.45) is 7.05 Å². The Bertz CT molecular complexity index is 519. The predicted molar refractivity (Wildman–Crippen MR) is 79.3 cm³/mol. The third-order valence-corrected chi connectivity index (χ3v) is 3.98. The summed E-state index contributed by atoms with van der Waals surface area (Å²) in [4.78, 5) is 0. The maximum atomic E-state index is 6.11. The van der Waals surface area contributed by atoms with Crippen LogP contribution in [0.4, 0.5) is 0 Å². The zero-order valence-corrected chi connectivity index (χ0v) is 12.9. The predicted octanol–water partition coefficient (Wildman–Crippen LogP) is 4.06. The lowest BCUT2D eigenvalue weighted by atomic mass is 9.96. The first-order valence-electron chi connectivity index (χ1n) is 5.91. The van der Waals surface area contributed by atoms with Crippen LogP contribution in [0.3, 0.4) is 0 Å². The minimum absolute atomic E-state index is 0.328. The van der Waals surface area contributed by atoms with E-state index in [2.05, 4.69) is 51.4 Å². The lowest BCUT2D eigenvalue weighted by Crippen LogP contribution is -2.08. The fraction of sp³-hybridized carbons (Fsp3) is 0.357. The lowest BCUT2D eigenvalue weighted by molar-refractivity contribution is 0.657. The molecule has 0 spiro atoms. The highest BCUT2D eigenvalue weighted by Gasteiger charge is 2.14. The van der Waals surface area contributed by atoms with Crippen LogP contribution in [0.15, 0.2) is 34.8 Å². The first-order valence-corrected chi connectivity index (χ1v) is 7.24. The molecule has 1 aromatic carbocycles. The normalized spacial score (nSPS) is 12.7. The van der Waals surface area contributed by atoms with Gasteiger partial charge in [-0.25, -0.2) is 0 Å². The van der Waals surface area contributed by atoms with Crippen LogP contribution in [-0.2, 0) is 13.5 Å². The number of aryl methyl sites for hydroxylation is 2.